The number of hydrogen-bond acceptors (Lipinski definition) is 5. The van der Waals surface area contributed by atoms with Crippen LogP contribution in [-0.4, -0.2) is 10.8 Å². The number of carbonyl (C=O) groups is 1. The van der Waals surface area contributed by atoms with Crippen molar-refractivity contribution in [3.8, 4) is 17.2 Å². The van der Waals surface area contributed by atoms with Gasteiger partial charge in [-0.25, -0.2) is 0 Å². The van der Waals surface area contributed by atoms with Crippen molar-refractivity contribution < 1.29 is 9.72 Å². The van der Waals surface area contributed by atoms with Gasteiger partial charge in [-0.3, -0.25) is 14.9 Å². The van der Waals surface area contributed by atoms with Crippen molar-refractivity contribution in [3.63, 3.8) is 0 Å². The summed E-state index contributed by atoms with van der Waals surface area (Å²) in [6, 6.07) is 15.8. The minimum absolute atomic E-state index is 0.0839. The van der Waals surface area contributed by atoms with E-state index in [0.717, 1.165) is 22.4 Å². The Balaban J connectivity index is 1.90. The number of thiophene rings is 1. The molecule has 0 aliphatic rings. The number of nitrogens with one attached hydrogen (secondary N) is 1. The highest BCUT2D eigenvalue weighted by Crippen LogP contribution is 2.40. The van der Waals surface area contributed by atoms with Crippen molar-refractivity contribution in [2.45, 2.75) is 33.1 Å². The topological polar surface area (TPSA) is 96.0 Å². The standard InChI is InChI=1S/C23H21N3O3S/c1-4-14(2)16-5-7-17(8-6-16)21-15(3)30-23(20(21)13-24)25-22(27)18-9-11-19(12-10-18)26(28)29/h5-12,14H,4H2,1-3H3,(H,25,27). The minimum Gasteiger partial charge on any atom is -0.312 e. The highest BCUT2D eigenvalue weighted by molar-refractivity contribution is 7.17. The number of non-ortho nitro benzene ring substituents is 1. The number of hydrogen-bond donors (Lipinski definition) is 1. The first kappa shape index (κ1) is 21.2. The predicted molar refractivity (Wildman–Crippen MR) is 119 cm³/mol. The van der Waals surface area contributed by atoms with Crippen LogP contribution in [0, 0.1) is 28.4 Å². The van der Waals surface area contributed by atoms with E-state index in [1.165, 1.54) is 41.2 Å². The van der Waals surface area contributed by atoms with Gasteiger partial charge in [0, 0.05) is 28.1 Å². The molecular formula is C23H21N3O3S. The monoisotopic (exact) mass is 419 g/mol. The van der Waals surface area contributed by atoms with E-state index >= 15 is 0 Å². The molecule has 0 saturated heterocycles. The number of benzene rings is 2. The first-order valence-electron chi connectivity index (χ1n) is 9.55. The summed E-state index contributed by atoms with van der Waals surface area (Å²) in [7, 11) is 0. The van der Waals surface area contributed by atoms with E-state index in [9.17, 15) is 20.2 Å². The molecule has 152 valence electrons. The Morgan fingerprint density at radius 1 is 1.20 bits per heavy atom. The smallest absolute Gasteiger partial charge is 0.269 e. The summed E-state index contributed by atoms with van der Waals surface area (Å²) < 4.78 is 0. The molecular weight excluding hydrogens is 398 g/mol. The third-order valence-electron chi connectivity index (χ3n) is 5.14. The van der Waals surface area contributed by atoms with Crippen LogP contribution in [0.3, 0.4) is 0 Å². The van der Waals surface area contributed by atoms with Gasteiger partial charge in [0.25, 0.3) is 11.6 Å². The quantitative estimate of drug-likeness (QED) is 0.376. The molecule has 0 aliphatic heterocycles. The fraction of sp³-hybridized carbons (Fsp3) is 0.217. The largest absolute Gasteiger partial charge is 0.312 e. The Labute approximate surface area is 178 Å². The van der Waals surface area contributed by atoms with Crippen molar-refractivity contribution in [1.82, 2.24) is 0 Å². The number of nitrogens with zero attached hydrogens (tertiary/aromatic N) is 2. The second-order valence-corrected chi connectivity index (χ2v) is 8.26. The molecule has 2 aromatic carbocycles. The molecule has 1 heterocycles. The van der Waals surface area contributed by atoms with Crippen LogP contribution in [0.2, 0.25) is 0 Å². The number of aryl methyl sites for hydroxylation is 1. The highest BCUT2D eigenvalue weighted by Gasteiger charge is 2.20. The molecule has 0 fully saturated rings. The zero-order chi connectivity index (χ0) is 21.8. The fourth-order valence-electron chi connectivity index (χ4n) is 3.21. The van der Waals surface area contributed by atoms with Gasteiger partial charge < -0.3 is 5.32 Å². The lowest BCUT2D eigenvalue weighted by atomic mass is 9.95. The molecule has 7 heteroatoms. The van der Waals surface area contributed by atoms with Crippen molar-refractivity contribution >= 4 is 27.9 Å². The second kappa shape index (κ2) is 8.89. The summed E-state index contributed by atoms with van der Waals surface area (Å²) in [4.78, 5) is 23.8. The number of nitro groups is 1. The summed E-state index contributed by atoms with van der Waals surface area (Å²) in [5.41, 5.74) is 3.62. The Bertz CT molecular complexity index is 1130. The number of amides is 1. The lowest BCUT2D eigenvalue weighted by Gasteiger charge is -2.10. The van der Waals surface area contributed by atoms with Crippen LogP contribution >= 0.6 is 11.3 Å². The lowest BCUT2D eigenvalue weighted by Crippen LogP contribution is -2.11. The molecule has 1 unspecified atom stereocenters. The molecule has 1 atom stereocenters. The average Bonchev–Trinajstić information content (AvgIpc) is 3.07. The van der Waals surface area contributed by atoms with Gasteiger partial charge >= 0.3 is 0 Å². The molecule has 3 aromatic rings. The van der Waals surface area contributed by atoms with Gasteiger partial charge in [-0.15, -0.1) is 11.3 Å². The third kappa shape index (κ3) is 4.24. The SMILES string of the molecule is CCC(C)c1ccc(-c2c(C)sc(NC(=O)c3ccc([N+](=O)[O-])cc3)c2C#N)cc1. The van der Waals surface area contributed by atoms with Gasteiger partial charge in [0.15, 0.2) is 0 Å². The molecule has 6 nitrogen and oxygen atoms in total. The van der Waals surface area contributed by atoms with Crippen LogP contribution < -0.4 is 5.32 Å². The molecule has 0 spiro atoms. The maximum absolute atomic E-state index is 12.6. The van der Waals surface area contributed by atoms with Crippen molar-refractivity contribution in [3.05, 3.63) is 80.2 Å². The summed E-state index contributed by atoms with van der Waals surface area (Å²) in [5, 5.41) is 23.8. The van der Waals surface area contributed by atoms with E-state index in [4.69, 9.17) is 0 Å². The van der Waals surface area contributed by atoms with Gasteiger partial charge in [-0.05, 0) is 42.5 Å². The van der Waals surface area contributed by atoms with Crippen LogP contribution in [-0.2, 0) is 0 Å². The molecule has 0 saturated carbocycles. The lowest BCUT2D eigenvalue weighted by molar-refractivity contribution is -0.384. The molecule has 0 radical (unpaired) electrons. The summed E-state index contributed by atoms with van der Waals surface area (Å²) in [5.74, 6) is 0.0518. The number of nitro benzene ring substituents is 1. The number of carbonyl (C=O) groups excluding carboxylic acids is 1. The van der Waals surface area contributed by atoms with Crippen LogP contribution in [0.4, 0.5) is 10.7 Å². The molecule has 3 rings (SSSR count). The molecule has 0 aliphatic carbocycles. The summed E-state index contributed by atoms with van der Waals surface area (Å²) >= 11 is 1.34. The Kier molecular flexibility index (Phi) is 6.28. The third-order valence-corrected chi connectivity index (χ3v) is 6.16. The zero-order valence-corrected chi connectivity index (χ0v) is 17.7. The van der Waals surface area contributed by atoms with Crippen molar-refractivity contribution in [2.75, 3.05) is 5.32 Å². The maximum Gasteiger partial charge on any atom is 0.269 e. The highest BCUT2D eigenvalue weighted by atomic mass is 32.1. The number of anilines is 1. The van der Waals surface area contributed by atoms with E-state index in [1.807, 2.05) is 19.1 Å². The van der Waals surface area contributed by atoms with E-state index in [-0.39, 0.29) is 11.3 Å². The molecule has 1 amide bonds. The van der Waals surface area contributed by atoms with Gasteiger partial charge in [0.05, 0.1) is 10.5 Å². The van der Waals surface area contributed by atoms with Crippen molar-refractivity contribution in [2.24, 2.45) is 0 Å². The Hall–Kier alpha value is -3.50. The van der Waals surface area contributed by atoms with Crippen LogP contribution in [0.25, 0.3) is 11.1 Å². The molecule has 0 bridgehead atoms. The number of rotatable bonds is 6. The predicted octanol–water partition coefficient (Wildman–Crippen LogP) is 6.27. The minimum atomic E-state index is -0.517. The van der Waals surface area contributed by atoms with Crippen LogP contribution in [0.1, 0.15) is 52.5 Å². The normalized spacial score (nSPS) is 11.5. The van der Waals surface area contributed by atoms with E-state index in [0.29, 0.717) is 16.5 Å². The van der Waals surface area contributed by atoms with Crippen LogP contribution in [0.5, 0.6) is 0 Å². The van der Waals surface area contributed by atoms with Gasteiger partial charge in [-0.1, -0.05) is 38.1 Å². The molecule has 1 aromatic heterocycles. The average molecular weight is 420 g/mol. The Morgan fingerprint density at radius 3 is 2.37 bits per heavy atom. The zero-order valence-electron chi connectivity index (χ0n) is 16.9. The van der Waals surface area contributed by atoms with Gasteiger partial charge in [0.2, 0.25) is 0 Å². The molecule has 1 N–H and O–H groups in total. The number of nitriles is 1. The first-order chi connectivity index (χ1) is 14.3. The maximum atomic E-state index is 12.6. The van der Waals surface area contributed by atoms with E-state index in [2.05, 4.69) is 37.4 Å². The summed E-state index contributed by atoms with van der Waals surface area (Å²) in [6.07, 6.45) is 1.05. The van der Waals surface area contributed by atoms with E-state index < -0.39 is 10.8 Å². The van der Waals surface area contributed by atoms with Gasteiger partial charge in [0.1, 0.15) is 11.1 Å². The summed E-state index contributed by atoms with van der Waals surface area (Å²) in [6.45, 7) is 6.25. The second-order valence-electron chi connectivity index (χ2n) is 7.04. The molecule has 30 heavy (non-hydrogen) atoms. The van der Waals surface area contributed by atoms with Crippen molar-refractivity contribution in [1.29, 1.82) is 5.26 Å². The van der Waals surface area contributed by atoms with Gasteiger partial charge in [-0.2, -0.15) is 5.26 Å². The first-order valence-corrected chi connectivity index (χ1v) is 10.4. The Morgan fingerprint density at radius 2 is 1.83 bits per heavy atom. The van der Waals surface area contributed by atoms with E-state index in [1.54, 1.807) is 0 Å². The van der Waals surface area contributed by atoms with Crippen LogP contribution in [0.15, 0.2) is 48.5 Å². The fourth-order valence-corrected chi connectivity index (χ4v) is 4.23.